The average Bonchev–Trinajstić information content (AvgIpc) is 3.10. The van der Waals surface area contributed by atoms with Crippen LogP contribution >= 0.6 is 35.6 Å². The van der Waals surface area contributed by atoms with Crippen LogP contribution in [0.5, 0.6) is 0 Å². The third kappa shape index (κ3) is 5.97. The average molecular weight is 471 g/mol. The Balaban J connectivity index is 0.00000280. The van der Waals surface area contributed by atoms with Crippen molar-refractivity contribution in [3.63, 3.8) is 0 Å². The molecule has 1 atom stereocenters. The zero-order chi connectivity index (χ0) is 19.6. The third-order valence-electron chi connectivity index (χ3n) is 5.24. The Kier molecular flexibility index (Phi) is 8.43. The largest absolute Gasteiger partial charge is 0.335 e. The van der Waals surface area contributed by atoms with E-state index in [-0.39, 0.29) is 30.8 Å². The van der Waals surface area contributed by atoms with Gasteiger partial charge in [0.2, 0.25) is 15.9 Å². The van der Waals surface area contributed by atoms with Gasteiger partial charge in [0.15, 0.2) is 0 Å². The van der Waals surface area contributed by atoms with Gasteiger partial charge in [0.25, 0.3) is 0 Å². The number of nitrogens with zero attached hydrogens (tertiary/aromatic N) is 3. The summed E-state index contributed by atoms with van der Waals surface area (Å²) in [5.74, 6) is -0.00858. The minimum Gasteiger partial charge on any atom is -0.335 e. The maximum absolute atomic E-state index is 13.0. The number of sulfonamides is 1. The van der Waals surface area contributed by atoms with Crippen LogP contribution in [0.2, 0.25) is 10.0 Å². The molecule has 0 radical (unpaired) electrons. The van der Waals surface area contributed by atoms with Gasteiger partial charge < -0.3 is 9.80 Å². The summed E-state index contributed by atoms with van der Waals surface area (Å²) in [4.78, 5) is 17.1. The minimum atomic E-state index is -3.27. The highest BCUT2D eigenvalue weighted by Gasteiger charge is 2.35. The van der Waals surface area contributed by atoms with Crippen molar-refractivity contribution in [2.24, 2.45) is 0 Å². The van der Waals surface area contributed by atoms with E-state index in [2.05, 4.69) is 4.90 Å². The van der Waals surface area contributed by atoms with Crippen LogP contribution in [0.15, 0.2) is 18.2 Å². The molecule has 0 aromatic heterocycles. The number of rotatable bonds is 5. The summed E-state index contributed by atoms with van der Waals surface area (Å²) in [6.45, 7) is 3.81. The molecule has 28 heavy (non-hydrogen) atoms. The van der Waals surface area contributed by atoms with Crippen LogP contribution in [0.4, 0.5) is 0 Å². The second-order valence-electron chi connectivity index (χ2n) is 7.29. The standard InChI is InChI=1S/C18H25Cl2N3O3S.ClH/c1-27(25,26)22-8-9-23(15(13-22)12-21-6-2-3-7-21)18(24)11-14-4-5-16(19)17(20)10-14;/h4-5,10,15H,2-3,6-9,11-13H2,1H3;1H. The van der Waals surface area contributed by atoms with Crippen molar-refractivity contribution < 1.29 is 13.2 Å². The molecule has 0 bridgehead atoms. The van der Waals surface area contributed by atoms with Crippen molar-refractivity contribution in [3.05, 3.63) is 33.8 Å². The molecule has 10 heteroatoms. The predicted molar refractivity (Wildman–Crippen MR) is 115 cm³/mol. The van der Waals surface area contributed by atoms with E-state index in [1.807, 2.05) is 4.90 Å². The SMILES string of the molecule is CS(=O)(=O)N1CCN(C(=O)Cc2ccc(Cl)c(Cl)c2)C(CN2CCCC2)C1.Cl. The number of halogens is 3. The highest BCUT2D eigenvalue weighted by Crippen LogP contribution is 2.24. The molecule has 1 aromatic carbocycles. The first-order valence-corrected chi connectivity index (χ1v) is 11.8. The van der Waals surface area contributed by atoms with Crippen LogP contribution in [-0.2, 0) is 21.2 Å². The Morgan fingerprint density at radius 1 is 1.11 bits per heavy atom. The maximum atomic E-state index is 13.0. The molecule has 2 aliphatic heterocycles. The molecule has 0 spiro atoms. The summed E-state index contributed by atoms with van der Waals surface area (Å²) in [5, 5.41) is 0.888. The van der Waals surface area contributed by atoms with Crippen molar-refractivity contribution in [3.8, 4) is 0 Å². The van der Waals surface area contributed by atoms with Gasteiger partial charge in [-0.3, -0.25) is 4.79 Å². The van der Waals surface area contributed by atoms with Gasteiger partial charge in [-0.2, -0.15) is 4.31 Å². The van der Waals surface area contributed by atoms with Gasteiger partial charge in [-0.25, -0.2) is 8.42 Å². The minimum absolute atomic E-state index is 0. The van der Waals surface area contributed by atoms with Gasteiger partial charge in [0.05, 0.1) is 28.8 Å². The van der Waals surface area contributed by atoms with Gasteiger partial charge in [-0.05, 0) is 43.6 Å². The molecule has 2 heterocycles. The zero-order valence-corrected chi connectivity index (χ0v) is 19.0. The zero-order valence-electron chi connectivity index (χ0n) is 15.8. The first-order chi connectivity index (χ1) is 12.7. The van der Waals surface area contributed by atoms with E-state index in [1.54, 1.807) is 18.2 Å². The van der Waals surface area contributed by atoms with Crippen LogP contribution in [0.25, 0.3) is 0 Å². The lowest BCUT2D eigenvalue weighted by atomic mass is 10.1. The van der Waals surface area contributed by atoms with Gasteiger partial charge in [-0.15, -0.1) is 12.4 Å². The van der Waals surface area contributed by atoms with Crippen molar-refractivity contribution in [2.75, 3.05) is 45.5 Å². The lowest BCUT2D eigenvalue weighted by Crippen LogP contribution is -2.59. The Hall–Kier alpha value is -0.570. The Labute approximate surface area is 183 Å². The lowest BCUT2D eigenvalue weighted by Gasteiger charge is -2.42. The smallest absolute Gasteiger partial charge is 0.227 e. The summed E-state index contributed by atoms with van der Waals surface area (Å²) < 4.78 is 25.5. The first kappa shape index (κ1) is 23.7. The van der Waals surface area contributed by atoms with E-state index < -0.39 is 10.0 Å². The second kappa shape index (κ2) is 9.96. The van der Waals surface area contributed by atoms with Crippen molar-refractivity contribution in [1.29, 1.82) is 0 Å². The van der Waals surface area contributed by atoms with Gasteiger partial charge in [0, 0.05) is 26.2 Å². The summed E-state index contributed by atoms with van der Waals surface area (Å²) in [5.41, 5.74) is 0.805. The van der Waals surface area contributed by atoms with E-state index in [0.29, 0.717) is 36.2 Å². The monoisotopic (exact) mass is 469 g/mol. The van der Waals surface area contributed by atoms with Crippen LogP contribution < -0.4 is 0 Å². The molecule has 0 aliphatic carbocycles. The molecular formula is C18H26Cl3N3O3S. The Bertz CT molecular complexity index is 801. The molecule has 158 valence electrons. The molecule has 0 N–H and O–H groups in total. The van der Waals surface area contributed by atoms with Crippen LogP contribution in [-0.4, -0.2) is 80.0 Å². The first-order valence-electron chi connectivity index (χ1n) is 9.15. The molecule has 6 nitrogen and oxygen atoms in total. The normalized spacial score (nSPS) is 21.5. The van der Waals surface area contributed by atoms with Crippen molar-refractivity contribution >= 4 is 51.5 Å². The molecule has 1 unspecified atom stereocenters. The topological polar surface area (TPSA) is 60.9 Å². The van der Waals surface area contributed by atoms with E-state index in [9.17, 15) is 13.2 Å². The van der Waals surface area contributed by atoms with Crippen molar-refractivity contribution in [2.45, 2.75) is 25.3 Å². The van der Waals surface area contributed by atoms with E-state index in [0.717, 1.165) is 31.5 Å². The van der Waals surface area contributed by atoms with E-state index in [1.165, 1.54) is 10.6 Å². The Morgan fingerprint density at radius 3 is 2.39 bits per heavy atom. The fourth-order valence-corrected chi connectivity index (χ4v) is 4.98. The maximum Gasteiger partial charge on any atom is 0.227 e. The number of hydrogen-bond donors (Lipinski definition) is 0. The molecule has 2 aliphatic rings. The molecule has 1 amide bonds. The van der Waals surface area contributed by atoms with Gasteiger partial charge in [-0.1, -0.05) is 29.3 Å². The van der Waals surface area contributed by atoms with E-state index >= 15 is 0 Å². The second-order valence-corrected chi connectivity index (χ2v) is 10.1. The number of carbonyl (C=O) groups is 1. The van der Waals surface area contributed by atoms with E-state index in [4.69, 9.17) is 23.2 Å². The predicted octanol–water partition coefficient (Wildman–Crippen LogP) is 2.53. The Morgan fingerprint density at radius 2 is 1.79 bits per heavy atom. The van der Waals surface area contributed by atoms with Crippen LogP contribution in [0, 0.1) is 0 Å². The number of carbonyl (C=O) groups excluding carboxylic acids is 1. The molecule has 3 rings (SSSR count). The highest BCUT2D eigenvalue weighted by molar-refractivity contribution is 7.88. The number of likely N-dealkylation sites (tertiary alicyclic amines) is 1. The third-order valence-corrected chi connectivity index (χ3v) is 7.25. The van der Waals surface area contributed by atoms with Crippen molar-refractivity contribution in [1.82, 2.24) is 14.1 Å². The summed E-state index contributed by atoms with van der Waals surface area (Å²) in [6.07, 6.45) is 3.76. The number of amides is 1. The fraction of sp³-hybridized carbons (Fsp3) is 0.611. The molecule has 2 fully saturated rings. The summed E-state index contributed by atoms with van der Waals surface area (Å²) in [7, 11) is -3.27. The molecule has 0 saturated carbocycles. The number of piperazine rings is 1. The lowest BCUT2D eigenvalue weighted by molar-refractivity contribution is -0.135. The van der Waals surface area contributed by atoms with Crippen LogP contribution in [0.1, 0.15) is 18.4 Å². The molecule has 2 saturated heterocycles. The number of hydrogen-bond acceptors (Lipinski definition) is 4. The highest BCUT2D eigenvalue weighted by atomic mass is 35.5. The van der Waals surface area contributed by atoms with Gasteiger partial charge >= 0.3 is 0 Å². The molecular weight excluding hydrogens is 445 g/mol. The summed E-state index contributed by atoms with van der Waals surface area (Å²) >= 11 is 12.0. The fourth-order valence-electron chi connectivity index (χ4n) is 3.80. The van der Waals surface area contributed by atoms with Gasteiger partial charge in [0.1, 0.15) is 0 Å². The molecule has 1 aromatic rings. The van der Waals surface area contributed by atoms with Crippen LogP contribution in [0.3, 0.4) is 0 Å². The summed E-state index contributed by atoms with van der Waals surface area (Å²) in [6, 6.07) is 5.07. The number of benzene rings is 1. The quantitative estimate of drug-likeness (QED) is 0.663.